The van der Waals surface area contributed by atoms with Crippen molar-refractivity contribution in [2.45, 2.75) is 13.5 Å². The number of hydrogen-bond donors (Lipinski definition) is 1. The largest absolute Gasteiger partial charge is 0.497 e. The molecule has 7 heteroatoms. The number of hydrogen-bond acceptors (Lipinski definition) is 4. The molecule has 0 aliphatic rings. The van der Waals surface area contributed by atoms with E-state index in [4.69, 9.17) is 9.47 Å². The summed E-state index contributed by atoms with van der Waals surface area (Å²) in [7, 11) is 1.61. The van der Waals surface area contributed by atoms with E-state index in [9.17, 15) is 14.4 Å². The van der Waals surface area contributed by atoms with Crippen molar-refractivity contribution in [3.8, 4) is 28.8 Å². The maximum absolute atomic E-state index is 13.0. The van der Waals surface area contributed by atoms with E-state index in [2.05, 4.69) is 16.0 Å². The van der Waals surface area contributed by atoms with E-state index < -0.39 is 11.9 Å². The first-order chi connectivity index (χ1) is 15.5. The molecule has 6 nitrogen and oxygen atoms in total. The summed E-state index contributed by atoms with van der Waals surface area (Å²) in [5, 5.41) is 13.3. The number of benzene rings is 3. The smallest absolute Gasteiger partial charge is 0.417 e. The molecule has 0 saturated carbocycles. The van der Waals surface area contributed by atoms with Crippen LogP contribution in [-0.2, 0) is 6.54 Å². The molecule has 0 unspecified atom stereocenters. The summed E-state index contributed by atoms with van der Waals surface area (Å²) in [6, 6.07) is 20.3. The molecule has 0 spiro atoms. The summed E-state index contributed by atoms with van der Waals surface area (Å²) in [6.07, 6.45) is -0.683. The van der Waals surface area contributed by atoms with Gasteiger partial charge in [0, 0.05) is 23.7 Å². The zero-order chi connectivity index (χ0) is 22.7. The molecule has 0 bridgehead atoms. The van der Waals surface area contributed by atoms with Crippen LogP contribution < -0.4 is 14.8 Å². The minimum atomic E-state index is -0.683. The van der Waals surface area contributed by atoms with Crippen molar-refractivity contribution in [3.63, 3.8) is 0 Å². The van der Waals surface area contributed by atoms with Crippen LogP contribution in [0.2, 0.25) is 0 Å². The Balaban J connectivity index is 1.62. The molecule has 1 amide bonds. The van der Waals surface area contributed by atoms with Gasteiger partial charge in [-0.25, -0.2) is 9.18 Å². The second-order valence-corrected chi connectivity index (χ2v) is 7.01. The lowest BCUT2D eigenvalue weighted by molar-refractivity contribution is 0.215. The van der Waals surface area contributed by atoms with Crippen LogP contribution in [0.4, 0.5) is 14.9 Å². The Morgan fingerprint density at radius 3 is 2.38 bits per heavy atom. The maximum Gasteiger partial charge on any atom is 0.417 e. The molecule has 32 heavy (non-hydrogen) atoms. The van der Waals surface area contributed by atoms with Crippen molar-refractivity contribution >= 4 is 22.7 Å². The van der Waals surface area contributed by atoms with Gasteiger partial charge in [0.25, 0.3) is 0 Å². The van der Waals surface area contributed by atoms with Crippen LogP contribution in [0.1, 0.15) is 12.5 Å². The number of aromatic nitrogens is 1. The highest BCUT2D eigenvalue weighted by Gasteiger charge is 2.18. The number of amides is 1. The van der Waals surface area contributed by atoms with E-state index in [0.29, 0.717) is 17.8 Å². The number of carbonyl (C=O) groups is 1. The normalized spacial score (nSPS) is 10.6. The Morgan fingerprint density at radius 1 is 1.06 bits per heavy atom. The maximum atomic E-state index is 13.0. The molecule has 0 aliphatic heterocycles. The number of methoxy groups -OCH3 is 1. The number of nitrogens with one attached hydrogen (secondary N) is 1. The highest BCUT2D eigenvalue weighted by molar-refractivity contribution is 5.95. The Morgan fingerprint density at radius 2 is 1.75 bits per heavy atom. The number of ether oxygens (including phenoxy) is 2. The molecule has 0 saturated heterocycles. The van der Waals surface area contributed by atoms with E-state index in [1.807, 2.05) is 37.3 Å². The summed E-state index contributed by atoms with van der Waals surface area (Å²) in [5.41, 5.74) is 3.68. The predicted octanol–water partition coefficient (Wildman–Crippen LogP) is 5.96. The average Bonchev–Trinajstić information content (AvgIpc) is 3.13. The molecule has 1 aromatic heterocycles. The zero-order valence-electron chi connectivity index (χ0n) is 17.6. The summed E-state index contributed by atoms with van der Waals surface area (Å²) in [6.45, 7) is 2.69. The van der Waals surface area contributed by atoms with E-state index in [-0.39, 0.29) is 5.75 Å². The lowest BCUT2D eigenvalue weighted by atomic mass is 10.1. The van der Waals surface area contributed by atoms with Crippen LogP contribution in [0.25, 0.3) is 22.2 Å². The van der Waals surface area contributed by atoms with Gasteiger partial charge in [-0.15, -0.1) is 0 Å². The molecule has 1 N–H and O–H groups in total. The minimum absolute atomic E-state index is 0.238. The van der Waals surface area contributed by atoms with E-state index in [0.717, 1.165) is 27.9 Å². The lowest BCUT2D eigenvalue weighted by Gasteiger charge is -2.11. The van der Waals surface area contributed by atoms with Gasteiger partial charge in [0.2, 0.25) is 0 Å². The van der Waals surface area contributed by atoms with E-state index in [1.165, 1.54) is 24.3 Å². The van der Waals surface area contributed by atoms with Crippen molar-refractivity contribution in [2.75, 3.05) is 12.4 Å². The van der Waals surface area contributed by atoms with Gasteiger partial charge in [0.05, 0.1) is 23.9 Å². The second kappa shape index (κ2) is 8.82. The number of anilines is 1. The van der Waals surface area contributed by atoms with Gasteiger partial charge in [-0.1, -0.05) is 12.1 Å². The number of nitriles is 1. The molecular formula is C25H20FN3O3. The van der Waals surface area contributed by atoms with Crippen LogP contribution >= 0.6 is 0 Å². The fourth-order valence-corrected chi connectivity index (χ4v) is 3.66. The Kier molecular flexibility index (Phi) is 5.77. The van der Waals surface area contributed by atoms with Crippen molar-refractivity contribution in [2.24, 2.45) is 0 Å². The first kappa shape index (κ1) is 20.9. The Bertz CT molecular complexity index is 1320. The molecule has 0 aliphatic carbocycles. The predicted molar refractivity (Wildman–Crippen MR) is 120 cm³/mol. The molecule has 4 rings (SSSR count). The minimum Gasteiger partial charge on any atom is -0.497 e. The standard InChI is InChI=1S/C25H20FN3O3/c1-3-29-23-14-20(31-2)12-13-21(23)22(15-27)24(29)16-4-8-18(9-5-16)28-25(30)32-19-10-6-17(26)7-11-19/h4-14H,3H2,1-2H3,(H,28,30). The fourth-order valence-electron chi connectivity index (χ4n) is 3.66. The molecule has 3 aromatic carbocycles. The van der Waals surface area contributed by atoms with Gasteiger partial charge in [0.15, 0.2) is 0 Å². The zero-order valence-corrected chi connectivity index (χ0v) is 17.6. The number of carbonyl (C=O) groups excluding carboxylic acids is 1. The van der Waals surface area contributed by atoms with Crippen LogP contribution in [0.3, 0.4) is 0 Å². The molecule has 0 atom stereocenters. The van der Waals surface area contributed by atoms with Gasteiger partial charge in [0.1, 0.15) is 23.4 Å². The third kappa shape index (κ3) is 3.98. The van der Waals surface area contributed by atoms with Crippen molar-refractivity contribution in [1.82, 2.24) is 4.57 Å². The average molecular weight is 429 g/mol. The van der Waals surface area contributed by atoms with Gasteiger partial charge in [-0.3, -0.25) is 5.32 Å². The van der Waals surface area contributed by atoms with Crippen LogP contribution in [0, 0.1) is 17.1 Å². The third-order valence-electron chi connectivity index (χ3n) is 5.13. The molecule has 0 radical (unpaired) electrons. The molecule has 160 valence electrons. The number of halogens is 1. The van der Waals surface area contributed by atoms with Crippen molar-refractivity contribution in [1.29, 1.82) is 5.26 Å². The van der Waals surface area contributed by atoms with Crippen molar-refractivity contribution in [3.05, 3.63) is 78.1 Å². The summed E-state index contributed by atoms with van der Waals surface area (Å²) in [5.74, 6) is 0.551. The summed E-state index contributed by atoms with van der Waals surface area (Å²) >= 11 is 0. The summed E-state index contributed by atoms with van der Waals surface area (Å²) < 4.78 is 25.5. The van der Waals surface area contributed by atoms with Crippen LogP contribution in [-0.4, -0.2) is 17.8 Å². The topological polar surface area (TPSA) is 76.3 Å². The van der Waals surface area contributed by atoms with Gasteiger partial charge in [-0.2, -0.15) is 5.26 Å². The van der Waals surface area contributed by atoms with Crippen molar-refractivity contribution < 1.29 is 18.7 Å². The van der Waals surface area contributed by atoms with Gasteiger partial charge >= 0.3 is 6.09 Å². The lowest BCUT2D eigenvalue weighted by Crippen LogP contribution is -2.16. The molecule has 0 fully saturated rings. The first-order valence-corrected chi connectivity index (χ1v) is 9.99. The number of nitrogens with zero attached hydrogens (tertiary/aromatic N) is 2. The highest BCUT2D eigenvalue weighted by Crippen LogP contribution is 2.35. The first-order valence-electron chi connectivity index (χ1n) is 9.99. The van der Waals surface area contributed by atoms with Crippen LogP contribution in [0.5, 0.6) is 11.5 Å². The Hall–Kier alpha value is -4.31. The number of fused-ring (bicyclic) bond motifs is 1. The molecule has 1 heterocycles. The van der Waals surface area contributed by atoms with E-state index >= 15 is 0 Å². The SMILES string of the molecule is CCn1c(-c2ccc(NC(=O)Oc3ccc(F)cc3)cc2)c(C#N)c2ccc(OC)cc21. The quantitative estimate of drug-likeness (QED) is 0.425. The van der Waals surface area contributed by atoms with E-state index in [1.54, 1.807) is 19.2 Å². The number of rotatable bonds is 5. The van der Waals surface area contributed by atoms with Gasteiger partial charge in [-0.05, 0) is 61.0 Å². The van der Waals surface area contributed by atoms with Crippen LogP contribution in [0.15, 0.2) is 66.7 Å². The van der Waals surface area contributed by atoms with Gasteiger partial charge < -0.3 is 14.0 Å². The second-order valence-electron chi connectivity index (χ2n) is 7.01. The molecule has 4 aromatic rings. The monoisotopic (exact) mass is 429 g/mol. The highest BCUT2D eigenvalue weighted by atomic mass is 19.1. The third-order valence-corrected chi connectivity index (χ3v) is 5.13. The number of aryl methyl sites for hydroxylation is 1. The fraction of sp³-hybridized carbons (Fsp3) is 0.120. The molecular weight excluding hydrogens is 409 g/mol. The Labute approximate surface area is 184 Å². The summed E-state index contributed by atoms with van der Waals surface area (Å²) in [4.78, 5) is 12.1.